The Kier molecular flexibility index (Phi) is 6.11. The number of nitrogens with one attached hydrogen (secondary N) is 3. The van der Waals surface area contributed by atoms with Crippen molar-refractivity contribution in [2.75, 3.05) is 13.2 Å². The first-order valence-electron chi connectivity index (χ1n) is 12.8. The van der Waals surface area contributed by atoms with Crippen LogP contribution in [0.4, 0.5) is 0 Å². The highest BCUT2D eigenvalue weighted by molar-refractivity contribution is 5.85. The molecule has 11 heteroatoms. The van der Waals surface area contributed by atoms with Crippen molar-refractivity contribution < 1.29 is 19.4 Å². The average molecular weight is 530 g/mol. The zero-order valence-electron chi connectivity index (χ0n) is 22.2. The van der Waals surface area contributed by atoms with Gasteiger partial charge in [0.25, 0.3) is 0 Å². The minimum atomic E-state index is -2.00. The monoisotopic (exact) mass is 529 g/mol. The fraction of sp³-hybridized carbons (Fsp3) is 0.357. The van der Waals surface area contributed by atoms with Crippen molar-refractivity contribution in [3.63, 3.8) is 0 Å². The first-order valence-corrected chi connectivity index (χ1v) is 12.8. The molecule has 0 aliphatic carbocycles. The first kappa shape index (κ1) is 25.4. The maximum atomic E-state index is 9.92. The van der Waals surface area contributed by atoms with Crippen LogP contribution in [0.5, 0.6) is 0 Å². The molecule has 0 spiro atoms. The van der Waals surface area contributed by atoms with E-state index in [4.69, 9.17) is 19.1 Å². The topological polar surface area (TPSA) is 158 Å². The lowest BCUT2D eigenvalue weighted by atomic mass is 9.83. The van der Waals surface area contributed by atoms with Crippen LogP contribution in [0.3, 0.4) is 0 Å². The molecular formula is C28H31N7O4. The summed E-state index contributed by atoms with van der Waals surface area (Å²) in [5, 5.41) is 33.1. The average Bonchev–Trinajstić information content (AvgIpc) is 3.64. The molecule has 1 aliphatic heterocycles. The van der Waals surface area contributed by atoms with Gasteiger partial charge in [-0.1, -0.05) is 24.3 Å². The van der Waals surface area contributed by atoms with Gasteiger partial charge in [-0.2, -0.15) is 0 Å². The number of aryl methyl sites for hydroxylation is 3. The molecule has 5 aromatic rings. The Morgan fingerprint density at radius 3 is 2.67 bits per heavy atom. The Morgan fingerprint density at radius 2 is 1.92 bits per heavy atom. The van der Waals surface area contributed by atoms with E-state index in [0.717, 1.165) is 50.6 Å². The van der Waals surface area contributed by atoms with E-state index in [1.807, 2.05) is 44.2 Å². The molecule has 0 bridgehead atoms. The van der Waals surface area contributed by atoms with Gasteiger partial charge in [0.05, 0.1) is 35.9 Å². The summed E-state index contributed by atoms with van der Waals surface area (Å²) in [5.74, 6) is -0.576. The fourth-order valence-electron chi connectivity index (χ4n) is 5.20. The van der Waals surface area contributed by atoms with Crippen molar-refractivity contribution in [3.05, 3.63) is 82.7 Å². The summed E-state index contributed by atoms with van der Waals surface area (Å²) >= 11 is 0. The number of rotatable bonds is 7. The summed E-state index contributed by atoms with van der Waals surface area (Å²) in [6, 6.07) is 11.8. The van der Waals surface area contributed by atoms with Crippen LogP contribution >= 0.6 is 0 Å². The molecule has 0 radical (unpaired) electrons. The number of hydrogen-bond donors (Lipinski definition) is 5. The third-order valence-electron chi connectivity index (χ3n) is 7.21. The van der Waals surface area contributed by atoms with E-state index in [0.29, 0.717) is 18.2 Å². The summed E-state index contributed by atoms with van der Waals surface area (Å²) in [6.07, 6.45) is 2.41. The van der Waals surface area contributed by atoms with Crippen LogP contribution in [0.25, 0.3) is 22.3 Å². The molecule has 1 aliphatic rings. The minimum Gasteiger partial charge on any atom is -0.423 e. The molecule has 5 N–H and O–H groups in total. The Bertz CT molecular complexity index is 1650. The van der Waals surface area contributed by atoms with Crippen molar-refractivity contribution in [2.24, 2.45) is 0 Å². The number of pyridine rings is 1. The van der Waals surface area contributed by atoms with Crippen LogP contribution in [0, 0.1) is 20.8 Å². The molecule has 1 aromatic carbocycles. The molecule has 0 fully saturated rings. The summed E-state index contributed by atoms with van der Waals surface area (Å²) in [4.78, 5) is 16.4. The van der Waals surface area contributed by atoms with Gasteiger partial charge in [-0.15, -0.1) is 10.2 Å². The van der Waals surface area contributed by atoms with Gasteiger partial charge < -0.3 is 29.3 Å². The SMILES string of the molecule is Cc1nnc(C2(COCC(C)(O)O)N[C@@H](c3ncc(-c4ccc(C)c(C)n4)[nH]3)Cc3c2[nH]c2ccccc32)o1. The predicted molar refractivity (Wildman–Crippen MR) is 143 cm³/mol. The van der Waals surface area contributed by atoms with Crippen molar-refractivity contribution in [3.8, 4) is 11.4 Å². The van der Waals surface area contributed by atoms with E-state index >= 15 is 0 Å². The lowest BCUT2D eigenvalue weighted by Crippen LogP contribution is -2.54. The second-order valence-corrected chi connectivity index (χ2v) is 10.4. The third kappa shape index (κ3) is 4.63. The van der Waals surface area contributed by atoms with Gasteiger partial charge in [0, 0.05) is 23.5 Å². The molecule has 202 valence electrons. The number of aliphatic hydroxyl groups is 2. The molecule has 4 aromatic heterocycles. The summed E-state index contributed by atoms with van der Waals surface area (Å²) in [5.41, 5.74) is 5.44. The summed E-state index contributed by atoms with van der Waals surface area (Å²) < 4.78 is 11.9. The zero-order valence-corrected chi connectivity index (χ0v) is 22.2. The fourth-order valence-corrected chi connectivity index (χ4v) is 5.20. The van der Waals surface area contributed by atoms with Gasteiger partial charge in [0.15, 0.2) is 11.3 Å². The van der Waals surface area contributed by atoms with Gasteiger partial charge >= 0.3 is 0 Å². The van der Waals surface area contributed by atoms with E-state index in [1.54, 1.807) is 13.1 Å². The number of aromatic nitrogens is 6. The Labute approximate surface area is 224 Å². The van der Waals surface area contributed by atoms with Crippen LogP contribution in [0.15, 0.2) is 47.0 Å². The maximum absolute atomic E-state index is 9.92. The van der Waals surface area contributed by atoms with Crippen molar-refractivity contribution in [1.29, 1.82) is 0 Å². The summed E-state index contributed by atoms with van der Waals surface area (Å²) in [7, 11) is 0. The van der Waals surface area contributed by atoms with E-state index < -0.39 is 11.3 Å². The second-order valence-electron chi connectivity index (χ2n) is 10.4. The normalized spacial score (nSPS) is 19.5. The Morgan fingerprint density at radius 1 is 1.10 bits per heavy atom. The molecule has 0 saturated heterocycles. The van der Waals surface area contributed by atoms with Gasteiger partial charge in [0.1, 0.15) is 12.4 Å². The lowest BCUT2D eigenvalue weighted by molar-refractivity contribution is -0.187. The molecule has 0 saturated carbocycles. The molecular weight excluding hydrogens is 498 g/mol. The Balaban J connectivity index is 1.47. The van der Waals surface area contributed by atoms with Crippen LogP contribution in [-0.4, -0.2) is 59.3 Å². The van der Waals surface area contributed by atoms with Gasteiger partial charge in [-0.25, -0.2) is 4.98 Å². The standard InChI is InChI=1S/C28H31N7O4/c1-15-9-10-21(30-16(15)2)23-12-29-25(32-23)22-11-19-18-7-5-6-8-20(18)31-24(19)28(33-22,14-38-13-27(4,36)37)26-35-34-17(3)39-26/h5-10,12,22,31,33,36-37H,11,13-14H2,1-4H3,(H,29,32)/t22-,28?/m1/s1. The van der Waals surface area contributed by atoms with Crippen LogP contribution < -0.4 is 5.32 Å². The smallest absolute Gasteiger partial charge is 0.244 e. The van der Waals surface area contributed by atoms with Gasteiger partial charge in [-0.3, -0.25) is 10.3 Å². The molecule has 0 amide bonds. The van der Waals surface area contributed by atoms with Crippen molar-refractivity contribution in [1.82, 2.24) is 35.5 Å². The number of hydrogen-bond acceptors (Lipinski definition) is 9. The van der Waals surface area contributed by atoms with Gasteiger partial charge in [-0.05, 0) is 50.5 Å². The highest BCUT2D eigenvalue weighted by Gasteiger charge is 2.49. The number of benzene rings is 1. The first-order chi connectivity index (χ1) is 18.6. The van der Waals surface area contributed by atoms with E-state index in [2.05, 4.69) is 31.5 Å². The maximum Gasteiger partial charge on any atom is 0.244 e. The number of H-pyrrole nitrogens is 2. The van der Waals surface area contributed by atoms with E-state index in [9.17, 15) is 10.2 Å². The second kappa shape index (κ2) is 9.38. The van der Waals surface area contributed by atoms with Gasteiger partial charge in [0.2, 0.25) is 11.8 Å². The largest absolute Gasteiger partial charge is 0.423 e. The van der Waals surface area contributed by atoms with E-state index in [1.165, 1.54) is 6.92 Å². The number of nitrogens with zero attached hydrogens (tertiary/aromatic N) is 4. The molecule has 2 atom stereocenters. The van der Waals surface area contributed by atoms with Crippen LogP contribution in [-0.2, 0) is 16.7 Å². The molecule has 1 unspecified atom stereocenters. The number of para-hydroxylation sites is 1. The van der Waals surface area contributed by atoms with E-state index in [-0.39, 0.29) is 19.3 Å². The highest BCUT2D eigenvalue weighted by atomic mass is 16.6. The summed E-state index contributed by atoms with van der Waals surface area (Å²) in [6.45, 7) is 6.70. The number of fused-ring (bicyclic) bond motifs is 3. The molecule has 6 rings (SSSR count). The molecule has 39 heavy (non-hydrogen) atoms. The Hall–Kier alpha value is -3.90. The number of aromatic amines is 2. The van der Waals surface area contributed by atoms with Crippen molar-refractivity contribution in [2.45, 2.75) is 51.5 Å². The quantitative estimate of drug-likeness (QED) is 0.200. The van der Waals surface area contributed by atoms with Crippen LogP contribution in [0.2, 0.25) is 0 Å². The van der Waals surface area contributed by atoms with Crippen LogP contribution in [0.1, 0.15) is 53.1 Å². The predicted octanol–water partition coefficient (Wildman–Crippen LogP) is 3.11. The number of ether oxygens (including phenoxy) is 1. The molecule has 5 heterocycles. The molecule has 11 nitrogen and oxygen atoms in total. The lowest BCUT2D eigenvalue weighted by Gasteiger charge is -2.39. The highest BCUT2D eigenvalue weighted by Crippen LogP contribution is 2.42. The minimum absolute atomic E-state index is 0.00601. The number of imidazole rings is 1. The zero-order chi connectivity index (χ0) is 27.4. The van der Waals surface area contributed by atoms with Crippen molar-refractivity contribution >= 4 is 10.9 Å². The third-order valence-corrected chi connectivity index (χ3v) is 7.21.